The molecule has 0 saturated carbocycles. The minimum absolute atomic E-state index is 0.336. The monoisotopic (exact) mass is 887 g/mol. The number of nitrogens with one attached hydrogen (secondary N) is 1. The van der Waals surface area contributed by atoms with Gasteiger partial charge in [-0.25, -0.2) is 9.89 Å². The molecule has 5 rings (SSSR count). The van der Waals surface area contributed by atoms with Gasteiger partial charge in [-0.3, -0.25) is 28.3 Å². The number of phenols is 2. The second-order valence-electron chi connectivity index (χ2n) is 10.9. The molecule has 0 spiro atoms. The van der Waals surface area contributed by atoms with Gasteiger partial charge in [0.05, 0.1) is 16.0 Å². The van der Waals surface area contributed by atoms with E-state index >= 15 is 0 Å². The fraction of sp³-hybridized carbons (Fsp3) is 0. The van der Waals surface area contributed by atoms with Crippen LogP contribution in [0.3, 0.4) is 0 Å². The van der Waals surface area contributed by atoms with Gasteiger partial charge in [0.15, 0.2) is 17.2 Å². The minimum Gasteiger partial charge on any atom is -0.505 e. The predicted octanol–water partition coefficient (Wildman–Crippen LogP) is 4.52. The highest BCUT2D eigenvalue weighted by atomic mass is 32.2. The van der Waals surface area contributed by atoms with Gasteiger partial charge >= 0.3 is 5.97 Å². The van der Waals surface area contributed by atoms with E-state index in [1.165, 1.54) is 0 Å². The molecule has 0 unspecified atom stereocenters. The Labute approximate surface area is 320 Å². The van der Waals surface area contributed by atoms with Crippen molar-refractivity contribution in [3.8, 4) is 17.4 Å². The average molecular weight is 888 g/mol. The van der Waals surface area contributed by atoms with Crippen molar-refractivity contribution < 1.29 is 82.0 Å². The average Bonchev–Trinajstić information content (AvgIpc) is 3.48. The van der Waals surface area contributed by atoms with Crippen LogP contribution in [0.25, 0.3) is 10.8 Å². The first-order valence-electron chi connectivity index (χ1n) is 14.3. The summed E-state index contributed by atoms with van der Waals surface area (Å²) in [6, 6.07) is 4.65. The van der Waals surface area contributed by atoms with Crippen molar-refractivity contribution in [1.82, 2.24) is 10.2 Å². The SMILES string of the molecule is O=C(O)c1n[nH]c(O)c1/N=N/c1ccc(/N=N/c2c(S(=O)(=O)O)cc3cc(S(=O)(=O)O)c(/N=N/c4ccc([N+](=O)[O-])cc4S(=O)(=O)O)c(O)c3c2O)c(S(=O)(=O)O)c1. The van der Waals surface area contributed by atoms with Crippen molar-refractivity contribution in [2.45, 2.75) is 19.6 Å². The van der Waals surface area contributed by atoms with Crippen LogP contribution in [0.4, 0.5) is 39.8 Å². The molecule has 58 heavy (non-hydrogen) atoms. The van der Waals surface area contributed by atoms with Crippen LogP contribution < -0.4 is 0 Å². The van der Waals surface area contributed by atoms with Gasteiger partial charge in [0, 0.05) is 12.1 Å². The van der Waals surface area contributed by atoms with Crippen LogP contribution in [-0.2, 0) is 40.5 Å². The van der Waals surface area contributed by atoms with E-state index in [0.717, 1.165) is 12.1 Å². The Bertz CT molecular complexity index is 3160. The van der Waals surface area contributed by atoms with Crippen LogP contribution in [0.5, 0.6) is 17.4 Å². The molecule has 4 aromatic carbocycles. The summed E-state index contributed by atoms with van der Waals surface area (Å²) < 4.78 is 137. The highest BCUT2D eigenvalue weighted by Gasteiger charge is 2.30. The maximum absolute atomic E-state index is 12.4. The molecule has 5 aromatic rings. The van der Waals surface area contributed by atoms with Crippen molar-refractivity contribution >= 4 is 97.0 Å². The first-order chi connectivity index (χ1) is 26.7. The number of carboxylic acid groups (broad SMARTS) is 1. The Morgan fingerprint density at radius 1 is 0.621 bits per heavy atom. The number of benzene rings is 4. The van der Waals surface area contributed by atoms with Gasteiger partial charge in [-0.2, -0.15) is 43.9 Å². The van der Waals surface area contributed by atoms with Gasteiger partial charge in [-0.05, 0) is 41.8 Å². The topological polar surface area (TPSA) is 461 Å². The summed E-state index contributed by atoms with van der Waals surface area (Å²) in [5.41, 5.74) is -7.18. The van der Waals surface area contributed by atoms with Gasteiger partial charge in [0.1, 0.15) is 42.3 Å². The first-order valence-corrected chi connectivity index (χ1v) is 20.1. The highest BCUT2D eigenvalue weighted by Crippen LogP contribution is 2.50. The van der Waals surface area contributed by atoms with Crippen LogP contribution in [0.15, 0.2) is 98.8 Å². The number of carbonyl (C=O) groups is 1. The Hall–Kier alpha value is -6.94. The molecule has 0 atom stereocenters. The third kappa shape index (κ3) is 8.56. The molecule has 0 aliphatic heterocycles. The van der Waals surface area contributed by atoms with Crippen molar-refractivity contribution in [2.75, 3.05) is 0 Å². The van der Waals surface area contributed by atoms with E-state index in [1.807, 2.05) is 5.10 Å². The zero-order valence-electron chi connectivity index (χ0n) is 27.4. The van der Waals surface area contributed by atoms with E-state index in [1.54, 1.807) is 0 Å². The zero-order valence-corrected chi connectivity index (χ0v) is 30.7. The summed E-state index contributed by atoms with van der Waals surface area (Å²) in [6.45, 7) is 0. The maximum atomic E-state index is 12.4. The zero-order chi connectivity index (χ0) is 43.3. The second-order valence-corrected chi connectivity index (χ2v) is 16.4. The summed E-state index contributed by atoms with van der Waals surface area (Å²) in [6.07, 6.45) is 0. The minimum atomic E-state index is -5.53. The molecule has 0 aliphatic rings. The van der Waals surface area contributed by atoms with Gasteiger partial charge in [0.2, 0.25) is 11.6 Å². The number of phenolic OH excluding ortho intramolecular Hbond substituents is 2. The summed E-state index contributed by atoms with van der Waals surface area (Å²) in [5.74, 6) is -5.46. The lowest BCUT2D eigenvalue weighted by Crippen LogP contribution is -2.02. The number of fused-ring (bicyclic) bond motifs is 1. The van der Waals surface area contributed by atoms with E-state index in [0.29, 0.717) is 36.4 Å². The molecule has 28 nitrogen and oxygen atoms in total. The third-order valence-corrected chi connectivity index (χ3v) is 10.7. The van der Waals surface area contributed by atoms with Gasteiger partial charge < -0.3 is 20.4 Å². The van der Waals surface area contributed by atoms with E-state index in [4.69, 9.17) is 5.11 Å². The number of azo groups is 3. The van der Waals surface area contributed by atoms with Crippen LogP contribution in [0, 0.1) is 10.1 Å². The summed E-state index contributed by atoms with van der Waals surface area (Å²) in [5, 5.41) is 76.5. The van der Waals surface area contributed by atoms with Crippen molar-refractivity contribution in [3.63, 3.8) is 0 Å². The number of aromatic amines is 1. The molecule has 32 heteroatoms. The number of H-pyrrole nitrogens is 1. The molecule has 0 fully saturated rings. The number of hydrogen-bond donors (Lipinski definition) is 9. The second kappa shape index (κ2) is 14.9. The summed E-state index contributed by atoms with van der Waals surface area (Å²) >= 11 is 0. The largest absolute Gasteiger partial charge is 0.505 e. The molecule has 0 saturated heterocycles. The summed E-state index contributed by atoms with van der Waals surface area (Å²) in [7, 11) is -21.6. The molecule has 1 heterocycles. The third-order valence-electron chi connectivity index (χ3n) is 7.17. The van der Waals surface area contributed by atoms with Gasteiger partial charge in [-0.1, -0.05) is 0 Å². The van der Waals surface area contributed by atoms with Gasteiger partial charge in [-0.15, -0.1) is 25.6 Å². The molecule has 0 aliphatic carbocycles. The Kier molecular flexibility index (Phi) is 10.8. The number of hydrogen-bond acceptors (Lipinski definition) is 21. The van der Waals surface area contributed by atoms with Gasteiger partial charge in [0.25, 0.3) is 46.2 Å². The van der Waals surface area contributed by atoms with E-state index in [-0.39, 0.29) is 0 Å². The lowest BCUT2D eigenvalue weighted by atomic mass is 10.1. The lowest BCUT2D eigenvalue weighted by Gasteiger charge is -2.13. The number of nitro groups is 1. The highest BCUT2D eigenvalue weighted by molar-refractivity contribution is 7.86. The molecule has 304 valence electrons. The van der Waals surface area contributed by atoms with Crippen molar-refractivity contribution in [1.29, 1.82) is 0 Å². The number of aromatic nitrogens is 2. The predicted molar refractivity (Wildman–Crippen MR) is 186 cm³/mol. The van der Waals surface area contributed by atoms with E-state index < -0.39 is 145 Å². The fourth-order valence-corrected chi connectivity index (χ4v) is 7.29. The normalized spacial score (nSPS) is 13.0. The molecule has 0 bridgehead atoms. The Morgan fingerprint density at radius 3 is 1.52 bits per heavy atom. The van der Waals surface area contributed by atoms with Crippen LogP contribution in [0.1, 0.15) is 10.5 Å². The van der Waals surface area contributed by atoms with Crippen LogP contribution in [-0.4, -0.2) is 93.4 Å². The Morgan fingerprint density at radius 2 is 1.07 bits per heavy atom. The van der Waals surface area contributed by atoms with E-state index in [9.17, 15) is 82.1 Å². The lowest BCUT2D eigenvalue weighted by molar-refractivity contribution is -0.385. The number of aromatic hydroxyl groups is 3. The van der Waals surface area contributed by atoms with Crippen molar-refractivity contribution in [3.05, 3.63) is 64.3 Å². The first kappa shape index (κ1) is 42.2. The van der Waals surface area contributed by atoms with Crippen LogP contribution in [0.2, 0.25) is 0 Å². The quantitative estimate of drug-likeness (QED) is 0.0360. The number of rotatable bonds is 12. The summed E-state index contributed by atoms with van der Waals surface area (Å²) in [4.78, 5) is 16.2. The molecular weight excluding hydrogens is 871 g/mol. The number of non-ortho nitro benzene ring substituents is 1. The Balaban J connectivity index is 1.72. The van der Waals surface area contributed by atoms with Crippen LogP contribution >= 0.6 is 0 Å². The molecule has 0 amide bonds. The number of carboxylic acids is 1. The number of nitrogens with zero attached hydrogens (tertiary/aromatic N) is 8. The maximum Gasteiger partial charge on any atom is 0.358 e. The standard InChI is InChI=1S/C26H17N9O19S4/c36-23-18-9(6-17(58(52,53)54)20(24(18)37)31-29-13-4-2-11(35(41)42)8-15(13)56(46,47)48)5-16(57(49,50)51)19(23)30-28-12-3-1-10(7-14(12)55(43,44)45)27-32-21-22(26(39)40)33-34-25(21)38/h1-8,36-37H,(H,39,40)(H2,33,34,38)(H,43,44,45)(H,46,47,48)(H,49,50,51)(H,52,53,54)/b30-28+,31-29+,32-27+. The van der Waals surface area contributed by atoms with E-state index in [2.05, 4.69) is 35.8 Å². The molecular formula is C26H17N9O19S4. The fourth-order valence-electron chi connectivity index (χ4n) is 4.69. The molecule has 1 aromatic heterocycles. The molecule has 9 N–H and O–H groups in total. The number of nitro benzene ring substituents is 1. The molecule has 0 radical (unpaired) electrons. The smallest absolute Gasteiger partial charge is 0.358 e. The van der Waals surface area contributed by atoms with Crippen molar-refractivity contribution in [2.24, 2.45) is 30.7 Å². The number of aromatic carboxylic acids is 1.